The number of unbranched alkanes of at least 4 members (excludes halogenated alkanes) is 1. The Hall–Kier alpha value is -1.96. The lowest BCUT2D eigenvalue weighted by Gasteiger charge is -2.10. The Balaban J connectivity index is 2.36. The molecule has 1 aromatic heterocycles. The lowest BCUT2D eigenvalue weighted by Crippen LogP contribution is -1.92. The van der Waals surface area contributed by atoms with Crippen LogP contribution in [0.1, 0.15) is 43.1 Å². The van der Waals surface area contributed by atoms with Gasteiger partial charge in [0.05, 0.1) is 0 Å². The Labute approximate surface area is 115 Å². The van der Waals surface area contributed by atoms with Crippen LogP contribution in [0.5, 0.6) is 0 Å². The smallest absolute Gasteiger partial charge is 0.152 e. The zero-order valence-electron chi connectivity index (χ0n) is 11.6. The first-order chi connectivity index (χ1) is 9.31. The lowest BCUT2D eigenvalue weighted by atomic mass is 9.96. The predicted molar refractivity (Wildman–Crippen MR) is 80.6 cm³/mol. The number of nitrogens with zero attached hydrogens (tertiary/aromatic N) is 2. The summed E-state index contributed by atoms with van der Waals surface area (Å²) in [5.41, 5.74) is 3.94. The van der Waals surface area contributed by atoms with E-state index in [0.717, 1.165) is 12.2 Å². The molecule has 0 aliphatic rings. The molecule has 0 unspecified atom stereocenters. The van der Waals surface area contributed by atoms with Crippen LogP contribution >= 0.6 is 0 Å². The molecule has 0 N–H and O–H groups in total. The van der Waals surface area contributed by atoms with Crippen molar-refractivity contribution in [1.29, 1.82) is 0 Å². The molecule has 1 aromatic carbocycles. The van der Waals surface area contributed by atoms with E-state index < -0.39 is 0 Å². The van der Waals surface area contributed by atoms with Gasteiger partial charge in [0, 0.05) is 12.4 Å². The van der Waals surface area contributed by atoms with Crippen molar-refractivity contribution in [3.05, 3.63) is 59.7 Å². The van der Waals surface area contributed by atoms with Crippen LogP contribution < -0.4 is 0 Å². The molecule has 2 nitrogen and oxygen atoms in total. The van der Waals surface area contributed by atoms with E-state index in [-0.39, 0.29) is 0 Å². The van der Waals surface area contributed by atoms with Crippen molar-refractivity contribution in [1.82, 2.24) is 9.97 Å². The number of hydrogen-bond acceptors (Lipinski definition) is 2. The summed E-state index contributed by atoms with van der Waals surface area (Å²) in [7, 11) is 0. The first kappa shape index (κ1) is 13.5. The molecule has 0 spiro atoms. The average molecular weight is 252 g/mol. The van der Waals surface area contributed by atoms with Crippen LogP contribution in [-0.4, -0.2) is 9.97 Å². The SMILES string of the molecule is CCCC/C(=C\c1ncccn1)c1ccccc1C. The molecule has 0 saturated heterocycles. The first-order valence-electron chi connectivity index (χ1n) is 6.85. The maximum Gasteiger partial charge on any atom is 0.152 e. The minimum absolute atomic E-state index is 0.789. The van der Waals surface area contributed by atoms with E-state index >= 15 is 0 Å². The van der Waals surface area contributed by atoms with Gasteiger partial charge in [-0.3, -0.25) is 0 Å². The minimum Gasteiger partial charge on any atom is -0.237 e. The van der Waals surface area contributed by atoms with Gasteiger partial charge in [-0.05, 0) is 48.6 Å². The Morgan fingerprint density at radius 1 is 1.11 bits per heavy atom. The third kappa shape index (κ3) is 3.75. The predicted octanol–water partition coefficient (Wildman–Crippen LogP) is 4.52. The van der Waals surface area contributed by atoms with Crippen LogP contribution in [0.25, 0.3) is 11.6 Å². The maximum absolute atomic E-state index is 4.29. The van der Waals surface area contributed by atoms with Gasteiger partial charge in [0.15, 0.2) is 5.82 Å². The Morgan fingerprint density at radius 3 is 2.53 bits per heavy atom. The Morgan fingerprint density at radius 2 is 1.84 bits per heavy atom. The molecule has 2 aromatic rings. The van der Waals surface area contributed by atoms with Crippen molar-refractivity contribution in [3.63, 3.8) is 0 Å². The van der Waals surface area contributed by atoms with Crippen LogP contribution in [0.3, 0.4) is 0 Å². The molecule has 0 bridgehead atoms. The lowest BCUT2D eigenvalue weighted by molar-refractivity contribution is 0.825. The number of hydrogen-bond donors (Lipinski definition) is 0. The molecule has 0 atom stereocenters. The average Bonchev–Trinajstić information content (AvgIpc) is 2.45. The van der Waals surface area contributed by atoms with E-state index in [1.165, 1.54) is 29.5 Å². The maximum atomic E-state index is 4.29. The van der Waals surface area contributed by atoms with Crippen molar-refractivity contribution in [3.8, 4) is 0 Å². The van der Waals surface area contributed by atoms with Gasteiger partial charge in [-0.15, -0.1) is 0 Å². The van der Waals surface area contributed by atoms with Crippen LogP contribution in [0.15, 0.2) is 42.7 Å². The summed E-state index contributed by atoms with van der Waals surface area (Å²) in [5, 5.41) is 0. The molecule has 0 amide bonds. The molecular formula is C17H20N2. The van der Waals surface area contributed by atoms with E-state index in [4.69, 9.17) is 0 Å². The molecule has 0 saturated carbocycles. The highest BCUT2D eigenvalue weighted by Crippen LogP contribution is 2.25. The summed E-state index contributed by atoms with van der Waals surface area (Å²) in [4.78, 5) is 8.59. The molecule has 0 aliphatic carbocycles. The molecular weight excluding hydrogens is 232 g/mol. The second-order valence-electron chi connectivity index (χ2n) is 4.70. The second-order valence-corrected chi connectivity index (χ2v) is 4.70. The van der Waals surface area contributed by atoms with Crippen LogP contribution in [0.4, 0.5) is 0 Å². The fraction of sp³-hybridized carbons (Fsp3) is 0.294. The van der Waals surface area contributed by atoms with Crippen LogP contribution in [0.2, 0.25) is 0 Å². The van der Waals surface area contributed by atoms with Gasteiger partial charge in [-0.25, -0.2) is 9.97 Å². The monoisotopic (exact) mass is 252 g/mol. The van der Waals surface area contributed by atoms with E-state index in [0.29, 0.717) is 0 Å². The fourth-order valence-corrected chi connectivity index (χ4v) is 2.13. The third-order valence-corrected chi connectivity index (χ3v) is 3.18. The van der Waals surface area contributed by atoms with Gasteiger partial charge >= 0.3 is 0 Å². The van der Waals surface area contributed by atoms with Gasteiger partial charge in [0.25, 0.3) is 0 Å². The Bertz CT molecular complexity index is 544. The van der Waals surface area contributed by atoms with Gasteiger partial charge in [0.1, 0.15) is 0 Å². The molecule has 0 aliphatic heterocycles. The molecule has 98 valence electrons. The van der Waals surface area contributed by atoms with Crippen molar-refractivity contribution >= 4 is 11.6 Å². The molecule has 0 radical (unpaired) electrons. The van der Waals surface area contributed by atoms with Gasteiger partial charge in [0.2, 0.25) is 0 Å². The topological polar surface area (TPSA) is 25.8 Å². The van der Waals surface area contributed by atoms with Gasteiger partial charge < -0.3 is 0 Å². The van der Waals surface area contributed by atoms with E-state index in [1.807, 2.05) is 6.07 Å². The van der Waals surface area contributed by atoms with Gasteiger partial charge in [-0.1, -0.05) is 37.6 Å². The molecule has 1 heterocycles. The fourth-order valence-electron chi connectivity index (χ4n) is 2.13. The highest BCUT2D eigenvalue weighted by molar-refractivity contribution is 5.81. The number of allylic oxidation sites excluding steroid dienone is 1. The van der Waals surface area contributed by atoms with Crippen molar-refractivity contribution < 1.29 is 0 Å². The minimum atomic E-state index is 0.789. The Kier molecular flexibility index (Phi) is 4.85. The summed E-state index contributed by atoms with van der Waals surface area (Å²) >= 11 is 0. The number of benzene rings is 1. The molecule has 2 rings (SSSR count). The zero-order chi connectivity index (χ0) is 13.5. The summed E-state index contributed by atoms with van der Waals surface area (Å²) in [5.74, 6) is 0.789. The second kappa shape index (κ2) is 6.83. The molecule has 19 heavy (non-hydrogen) atoms. The first-order valence-corrected chi connectivity index (χ1v) is 6.85. The summed E-state index contributed by atoms with van der Waals surface area (Å²) in [6.45, 7) is 4.37. The molecule has 2 heteroatoms. The van der Waals surface area contributed by atoms with Crippen molar-refractivity contribution in [2.45, 2.75) is 33.1 Å². The zero-order valence-corrected chi connectivity index (χ0v) is 11.6. The quantitative estimate of drug-likeness (QED) is 0.782. The van der Waals surface area contributed by atoms with Crippen molar-refractivity contribution in [2.75, 3.05) is 0 Å². The summed E-state index contributed by atoms with van der Waals surface area (Å²) < 4.78 is 0. The molecule has 0 fully saturated rings. The number of aromatic nitrogens is 2. The summed E-state index contributed by atoms with van der Waals surface area (Å²) in [6.07, 6.45) is 9.13. The standard InChI is InChI=1S/C17H20N2/c1-3-4-9-15(13-17-18-11-7-12-19-17)16-10-6-5-8-14(16)2/h5-8,10-13H,3-4,9H2,1-2H3/b15-13+. The largest absolute Gasteiger partial charge is 0.237 e. The normalized spacial score (nSPS) is 11.6. The summed E-state index contributed by atoms with van der Waals surface area (Å²) in [6, 6.07) is 10.3. The van der Waals surface area contributed by atoms with Crippen molar-refractivity contribution in [2.24, 2.45) is 0 Å². The van der Waals surface area contributed by atoms with Crippen LogP contribution in [-0.2, 0) is 0 Å². The van der Waals surface area contributed by atoms with Crippen LogP contribution in [0, 0.1) is 6.92 Å². The highest BCUT2D eigenvalue weighted by Gasteiger charge is 2.05. The third-order valence-electron chi connectivity index (χ3n) is 3.18. The van der Waals surface area contributed by atoms with Gasteiger partial charge in [-0.2, -0.15) is 0 Å². The van der Waals surface area contributed by atoms with E-state index in [9.17, 15) is 0 Å². The van der Waals surface area contributed by atoms with E-state index in [1.54, 1.807) is 12.4 Å². The number of rotatable bonds is 5. The van der Waals surface area contributed by atoms with E-state index in [2.05, 4.69) is 54.2 Å². The highest BCUT2D eigenvalue weighted by atomic mass is 14.8. The number of aryl methyl sites for hydroxylation is 1.